The predicted octanol–water partition coefficient (Wildman–Crippen LogP) is 4.35. The summed E-state index contributed by atoms with van der Waals surface area (Å²) in [5, 5.41) is 2.96. The highest BCUT2D eigenvalue weighted by Gasteiger charge is 2.26. The number of benzene rings is 2. The number of hydrogen-bond acceptors (Lipinski definition) is 4. The normalized spacial score (nSPS) is 15.3. The van der Waals surface area contributed by atoms with Crippen LogP contribution in [0.25, 0.3) is 0 Å². The molecule has 1 saturated heterocycles. The van der Waals surface area contributed by atoms with E-state index >= 15 is 0 Å². The molecule has 7 heteroatoms. The second-order valence-corrected chi connectivity index (χ2v) is 9.95. The number of nitrogens with one attached hydrogen (secondary N) is 1. The van der Waals surface area contributed by atoms with Gasteiger partial charge >= 0.3 is 0 Å². The number of amides is 1. The van der Waals surface area contributed by atoms with Gasteiger partial charge in [0.2, 0.25) is 15.9 Å². The fourth-order valence-corrected chi connectivity index (χ4v) is 5.62. The molecule has 0 radical (unpaired) electrons. The molecule has 168 valence electrons. The second-order valence-electron chi connectivity index (χ2n) is 8.01. The Morgan fingerprint density at radius 1 is 0.968 bits per heavy atom. The van der Waals surface area contributed by atoms with Crippen molar-refractivity contribution >= 4 is 27.3 Å². The number of piperidine rings is 1. The number of sulfonamides is 1. The monoisotopic (exact) mass is 443 g/mol. The molecule has 0 atom stereocenters. The molecule has 1 aliphatic rings. The first-order valence-corrected chi connectivity index (χ1v) is 12.6. The quantitative estimate of drug-likeness (QED) is 0.625. The molecule has 0 aromatic heterocycles. The van der Waals surface area contributed by atoms with Gasteiger partial charge in [0.25, 0.3) is 0 Å². The molecular formula is C24H33N3O3S. The van der Waals surface area contributed by atoms with E-state index in [0.717, 1.165) is 38.8 Å². The molecule has 2 aromatic rings. The van der Waals surface area contributed by atoms with Crippen LogP contribution in [-0.2, 0) is 14.8 Å². The molecule has 0 saturated carbocycles. The zero-order valence-corrected chi connectivity index (χ0v) is 19.3. The lowest BCUT2D eigenvalue weighted by atomic mass is 9.95. The first-order chi connectivity index (χ1) is 15.0. The number of para-hydroxylation sites is 1. The Hall–Kier alpha value is -2.38. The summed E-state index contributed by atoms with van der Waals surface area (Å²) in [5.74, 6) is -0.0325. The highest BCUT2D eigenvalue weighted by Crippen LogP contribution is 2.25. The number of nitrogens with zero attached hydrogens (tertiary/aromatic N) is 2. The maximum Gasteiger partial charge on any atom is 0.243 e. The van der Waals surface area contributed by atoms with Crippen LogP contribution in [0.5, 0.6) is 0 Å². The van der Waals surface area contributed by atoms with Crippen LogP contribution in [-0.4, -0.2) is 44.8 Å². The van der Waals surface area contributed by atoms with E-state index in [1.807, 2.05) is 32.0 Å². The minimum Gasteiger partial charge on any atom is -0.371 e. The van der Waals surface area contributed by atoms with E-state index in [-0.39, 0.29) is 16.7 Å². The Bertz CT molecular complexity index is 932. The molecule has 3 rings (SSSR count). The minimum atomic E-state index is -3.51. The highest BCUT2D eigenvalue weighted by atomic mass is 32.2. The van der Waals surface area contributed by atoms with E-state index in [9.17, 15) is 13.2 Å². The Kier molecular flexibility index (Phi) is 8.09. The van der Waals surface area contributed by atoms with Crippen molar-refractivity contribution in [2.45, 2.75) is 44.4 Å². The Morgan fingerprint density at radius 3 is 2.10 bits per heavy atom. The molecule has 1 aliphatic heterocycles. The van der Waals surface area contributed by atoms with E-state index in [1.165, 1.54) is 9.99 Å². The highest BCUT2D eigenvalue weighted by molar-refractivity contribution is 7.89. The van der Waals surface area contributed by atoms with Crippen LogP contribution in [0, 0.1) is 5.92 Å². The van der Waals surface area contributed by atoms with Gasteiger partial charge in [0, 0.05) is 43.5 Å². The van der Waals surface area contributed by atoms with Gasteiger partial charge in [-0.15, -0.1) is 0 Å². The van der Waals surface area contributed by atoms with Crippen LogP contribution >= 0.6 is 0 Å². The summed E-state index contributed by atoms with van der Waals surface area (Å²) in [6, 6.07) is 16.8. The lowest BCUT2D eigenvalue weighted by Gasteiger charge is -2.33. The van der Waals surface area contributed by atoms with Gasteiger partial charge in [0.1, 0.15) is 0 Å². The summed E-state index contributed by atoms with van der Waals surface area (Å²) < 4.78 is 27.3. The van der Waals surface area contributed by atoms with Crippen molar-refractivity contribution in [3.8, 4) is 0 Å². The van der Waals surface area contributed by atoms with Crippen LogP contribution in [0.15, 0.2) is 59.5 Å². The van der Waals surface area contributed by atoms with Crippen molar-refractivity contribution in [2.24, 2.45) is 5.92 Å². The summed E-state index contributed by atoms with van der Waals surface area (Å²) in [4.78, 5) is 15.3. The third kappa shape index (κ3) is 5.86. The molecule has 2 aromatic carbocycles. The van der Waals surface area contributed by atoms with Crippen molar-refractivity contribution < 1.29 is 13.2 Å². The van der Waals surface area contributed by atoms with Gasteiger partial charge in [0.15, 0.2) is 0 Å². The van der Waals surface area contributed by atoms with Gasteiger partial charge in [0.05, 0.1) is 4.90 Å². The molecule has 1 fully saturated rings. The molecule has 1 amide bonds. The molecule has 1 heterocycles. The Labute approximate surface area is 186 Å². The summed E-state index contributed by atoms with van der Waals surface area (Å²) in [7, 11) is -3.51. The topological polar surface area (TPSA) is 69.7 Å². The van der Waals surface area contributed by atoms with E-state index in [4.69, 9.17) is 0 Å². The van der Waals surface area contributed by atoms with Gasteiger partial charge < -0.3 is 10.2 Å². The van der Waals surface area contributed by atoms with Gasteiger partial charge in [-0.25, -0.2) is 8.42 Å². The van der Waals surface area contributed by atoms with Gasteiger partial charge in [-0.2, -0.15) is 4.31 Å². The second kappa shape index (κ2) is 10.8. The summed E-state index contributed by atoms with van der Waals surface area (Å²) in [5.41, 5.74) is 1.82. The van der Waals surface area contributed by atoms with Crippen molar-refractivity contribution in [2.75, 3.05) is 36.4 Å². The lowest BCUT2D eigenvalue weighted by Crippen LogP contribution is -2.38. The van der Waals surface area contributed by atoms with Crippen LogP contribution in [0.4, 0.5) is 11.4 Å². The zero-order chi connectivity index (χ0) is 22.3. The average molecular weight is 444 g/mol. The van der Waals surface area contributed by atoms with Crippen LogP contribution in [0.1, 0.15) is 39.5 Å². The molecule has 0 unspecified atom stereocenters. The fraction of sp³-hybridized carbons (Fsp3) is 0.458. The predicted molar refractivity (Wildman–Crippen MR) is 126 cm³/mol. The maximum atomic E-state index is 12.9. The van der Waals surface area contributed by atoms with E-state index < -0.39 is 10.0 Å². The van der Waals surface area contributed by atoms with Crippen LogP contribution in [0.2, 0.25) is 0 Å². The van der Waals surface area contributed by atoms with Gasteiger partial charge in [-0.05, 0) is 62.1 Å². The van der Waals surface area contributed by atoms with Crippen LogP contribution in [0.3, 0.4) is 0 Å². The summed E-state index contributed by atoms with van der Waals surface area (Å²) in [6.45, 7) is 6.67. The van der Waals surface area contributed by atoms with Crippen molar-refractivity contribution in [3.63, 3.8) is 0 Å². The standard InChI is InChI=1S/C24H33N3O3S/c1-3-16-27(17-4-2)31(29,30)23-12-10-21(11-13-23)25-24(28)20-14-18-26(19-15-20)22-8-6-5-7-9-22/h5-13,20H,3-4,14-19H2,1-2H3,(H,25,28). The van der Waals surface area contributed by atoms with Gasteiger partial charge in [-0.1, -0.05) is 32.0 Å². The number of rotatable bonds is 9. The first-order valence-electron chi connectivity index (χ1n) is 11.2. The molecule has 1 N–H and O–H groups in total. The molecule has 0 spiro atoms. The van der Waals surface area contributed by atoms with Crippen molar-refractivity contribution in [1.82, 2.24) is 4.31 Å². The lowest BCUT2D eigenvalue weighted by molar-refractivity contribution is -0.120. The average Bonchev–Trinajstić information content (AvgIpc) is 2.80. The van der Waals surface area contributed by atoms with Crippen LogP contribution < -0.4 is 10.2 Å². The van der Waals surface area contributed by atoms with Crippen molar-refractivity contribution in [1.29, 1.82) is 0 Å². The largest absolute Gasteiger partial charge is 0.371 e. The third-order valence-electron chi connectivity index (χ3n) is 5.69. The number of carbonyl (C=O) groups is 1. The van der Waals surface area contributed by atoms with E-state index in [1.54, 1.807) is 24.3 Å². The number of anilines is 2. The third-order valence-corrected chi connectivity index (χ3v) is 7.61. The summed E-state index contributed by atoms with van der Waals surface area (Å²) in [6.07, 6.45) is 3.15. The van der Waals surface area contributed by atoms with E-state index in [0.29, 0.717) is 18.8 Å². The molecular weight excluding hydrogens is 410 g/mol. The maximum absolute atomic E-state index is 12.9. The zero-order valence-electron chi connectivity index (χ0n) is 18.5. The first kappa shape index (κ1) is 23.3. The number of carbonyl (C=O) groups excluding carboxylic acids is 1. The molecule has 6 nitrogen and oxygen atoms in total. The van der Waals surface area contributed by atoms with Crippen molar-refractivity contribution in [3.05, 3.63) is 54.6 Å². The molecule has 0 aliphatic carbocycles. The minimum absolute atomic E-state index is 0.00177. The summed E-state index contributed by atoms with van der Waals surface area (Å²) >= 11 is 0. The molecule has 0 bridgehead atoms. The Balaban J connectivity index is 1.58. The molecule has 31 heavy (non-hydrogen) atoms. The smallest absolute Gasteiger partial charge is 0.243 e. The van der Waals surface area contributed by atoms with E-state index in [2.05, 4.69) is 22.3 Å². The fourth-order valence-electron chi connectivity index (χ4n) is 3.99. The van der Waals surface area contributed by atoms with Gasteiger partial charge in [-0.3, -0.25) is 4.79 Å². The SMILES string of the molecule is CCCN(CCC)S(=O)(=O)c1ccc(NC(=O)C2CCN(c3ccccc3)CC2)cc1. The number of hydrogen-bond donors (Lipinski definition) is 1. The Morgan fingerprint density at radius 2 is 1.55 bits per heavy atom.